The van der Waals surface area contributed by atoms with Gasteiger partial charge in [0, 0.05) is 21.8 Å². The Hall–Kier alpha value is -4.59. The Kier molecular flexibility index (Phi) is 9.61. The maximum absolute atomic E-state index is 12.7. The summed E-state index contributed by atoms with van der Waals surface area (Å²) in [5, 5.41) is 8.20. The summed E-state index contributed by atoms with van der Waals surface area (Å²) in [6.45, 7) is 6.90. The van der Waals surface area contributed by atoms with Crippen molar-refractivity contribution in [3.63, 3.8) is 0 Å². The largest absolute Gasteiger partial charge is 0.489 e. The number of halogens is 1. The van der Waals surface area contributed by atoms with E-state index in [-0.39, 0.29) is 10.3 Å². The lowest BCUT2D eigenvalue weighted by Gasteiger charge is -2.26. The summed E-state index contributed by atoms with van der Waals surface area (Å²) in [5.41, 5.74) is 5.81. The smallest absolute Gasteiger partial charge is 0.261 e. The predicted octanol–water partition coefficient (Wildman–Crippen LogP) is 9.01. The average molecular weight is 639 g/mol. The standard InChI is InChI=1S/C37H35ClN2O4S/c1-26(39)29-7-17-34(18-8-29)43-24-27-5-4-6-28(23-27)25-44-35-19-11-31(12-20-35)37(2,3)30-9-15-33(16-10-30)40-45(41,42)36-21-13-32(38)14-22-36/h4-23,39-40H,24-25H2,1-3H3. The first-order valence-corrected chi connectivity index (χ1v) is 16.3. The van der Waals surface area contributed by atoms with Crippen molar-refractivity contribution in [2.24, 2.45) is 0 Å². The minimum absolute atomic E-state index is 0.151. The van der Waals surface area contributed by atoms with E-state index in [0.717, 1.165) is 39.3 Å². The van der Waals surface area contributed by atoms with Gasteiger partial charge in [0.25, 0.3) is 10.0 Å². The van der Waals surface area contributed by atoms with Crippen LogP contribution in [0.2, 0.25) is 5.02 Å². The Labute approximate surface area is 270 Å². The Balaban J connectivity index is 1.17. The molecule has 0 aliphatic carbocycles. The Bertz CT molecular complexity index is 1870. The van der Waals surface area contributed by atoms with E-state index in [2.05, 4.69) is 36.8 Å². The molecule has 5 aromatic rings. The number of ether oxygens (including phenoxy) is 2. The second kappa shape index (κ2) is 13.6. The molecule has 0 aliphatic heterocycles. The van der Waals surface area contributed by atoms with E-state index in [4.69, 9.17) is 26.5 Å². The Morgan fingerprint density at radius 3 is 1.73 bits per heavy atom. The molecule has 0 atom stereocenters. The van der Waals surface area contributed by atoms with E-state index >= 15 is 0 Å². The lowest BCUT2D eigenvalue weighted by atomic mass is 9.78. The first-order valence-electron chi connectivity index (χ1n) is 14.5. The van der Waals surface area contributed by atoms with Gasteiger partial charge < -0.3 is 14.9 Å². The van der Waals surface area contributed by atoms with E-state index in [1.54, 1.807) is 31.2 Å². The lowest BCUT2D eigenvalue weighted by molar-refractivity contribution is 0.300. The molecule has 6 nitrogen and oxygen atoms in total. The molecule has 0 saturated carbocycles. The number of benzene rings is 5. The monoisotopic (exact) mass is 638 g/mol. The molecule has 0 heterocycles. The summed E-state index contributed by atoms with van der Waals surface area (Å²) in [7, 11) is -3.72. The van der Waals surface area contributed by atoms with Gasteiger partial charge in [-0.1, -0.05) is 67.9 Å². The van der Waals surface area contributed by atoms with Gasteiger partial charge in [0.2, 0.25) is 0 Å². The van der Waals surface area contributed by atoms with E-state index in [1.165, 1.54) is 12.1 Å². The molecule has 0 amide bonds. The summed E-state index contributed by atoms with van der Waals surface area (Å²) >= 11 is 5.89. The van der Waals surface area contributed by atoms with Crippen molar-refractivity contribution in [2.75, 3.05) is 4.72 Å². The highest BCUT2D eigenvalue weighted by Gasteiger charge is 2.23. The van der Waals surface area contributed by atoms with Crippen LogP contribution in [0.1, 0.15) is 48.6 Å². The molecule has 2 N–H and O–H groups in total. The molecule has 45 heavy (non-hydrogen) atoms. The van der Waals surface area contributed by atoms with Crippen LogP contribution in [0.5, 0.6) is 11.5 Å². The third kappa shape index (κ3) is 8.12. The minimum atomic E-state index is -3.72. The highest BCUT2D eigenvalue weighted by molar-refractivity contribution is 7.92. The molecular weight excluding hydrogens is 604 g/mol. The zero-order valence-corrected chi connectivity index (χ0v) is 27.0. The Morgan fingerprint density at radius 1 is 0.733 bits per heavy atom. The van der Waals surface area contributed by atoms with Crippen LogP contribution in [0, 0.1) is 5.41 Å². The summed E-state index contributed by atoms with van der Waals surface area (Å²) in [6, 6.07) is 37.2. The first kappa shape index (κ1) is 31.8. The minimum Gasteiger partial charge on any atom is -0.489 e. The van der Waals surface area contributed by atoms with Gasteiger partial charge >= 0.3 is 0 Å². The molecule has 0 unspecified atom stereocenters. The van der Waals surface area contributed by atoms with Crippen LogP contribution in [0.15, 0.2) is 126 Å². The fourth-order valence-electron chi connectivity index (χ4n) is 4.86. The first-order chi connectivity index (χ1) is 21.5. The van der Waals surface area contributed by atoms with Gasteiger partial charge in [0.15, 0.2) is 0 Å². The van der Waals surface area contributed by atoms with Crippen molar-refractivity contribution in [3.8, 4) is 11.5 Å². The highest BCUT2D eigenvalue weighted by Crippen LogP contribution is 2.33. The van der Waals surface area contributed by atoms with Crippen molar-refractivity contribution >= 4 is 33.0 Å². The molecule has 0 radical (unpaired) electrons. The van der Waals surface area contributed by atoms with E-state index in [0.29, 0.717) is 29.6 Å². The number of sulfonamides is 1. The van der Waals surface area contributed by atoms with E-state index in [1.807, 2.05) is 66.7 Å². The normalized spacial score (nSPS) is 11.6. The topological polar surface area (TPSA) is 88.5 Å². The van der Waals surface area contributed by atoms with Gasteiger partial charge in [-0.3, -0.25) is 4.72 Å². The fraction of sp³-hybridized carbons (Fsp3) is 0.162. The quantitative estimate of drug-likeness (QED) is 0.133. The molecule has 230 valence electrons. The van der Waals surface area contributed by atoms with Crippen LogP contribution in [-0.2, 0) is 28.7 Å². The summed E-state index contributed by atoms with van der Waals surface area (Å²) in [5.74, 6) is 1.53. The lowest BCUT2D eigenvalue weighted by Crippen LogP contribution is -2.19. The van der Waals surface area contributed by atoms with Crippen LogP contribution >= 0.6 is 11.6 Å². The number of hydrogen-bond donors (Lipinski definition) is 2. The fourth-order valence-corrected chi connectivity index (χ4v) is 6.05. The van der Waals surface area contributed by atoms with Crippen molar-refractivity contribution in [1.29, 1.82) is 5.41 Å². The van der Waals surface area contributed by atoms with Crippen molar-refractivity contribution in [1.82, 2.24) is 0 Å². The average Bonchev–Trinajstić information content (AvgIpc) is 3.04. The van der Waals surface area contributed by atoms with E-state index in [9.17, 15) is 8.42 Å². The Morgan fingerprint density at radius 2 is 1.22 bits per heavy atom. The van der Waals surface area contributed by atoms with Gasteiger partial charge in [-0.2, -0.15) is 0 Å². The summed E-state index contributed by atoms with van der Waals surface area (Å²) in [6.07, 6.45) is 0. The number of nitrogens with one attached hydrogen (secondary N) is 2. The van der Waals surface area contributed by atoms with Gasteiger partial charge in [0.1, 0.15) is 24.7 Å². The second-order valence-corrected chi connectivity index (χ2v) is 13.5. The summed E-state index contributed by atoms with van der Waals surface area (Å²) < 4.78 is 40.1. The molecule has 0 spiro atoms. The van der Waals surface area contributed by atoms with Crippen LogP contribution in [0.4, 0.5) is 5.69 Å². The highest BCUT2D eigenvalue weighted by atomic mass is 35.5. The van der Waals surface area contributed by atoms with Gasteiger partial charge in [-0.05, 0) is 114 Å². The second-order valence-electron chi connectivity index (χ2n) is 11.3. The maximum Gasteiger partial charge on any atom is 0.261 e. The third-order valence-corrected chi connectivity index (χ3v) is 9.30. The molecule has 5 aromatic carbocycles. The van der Waals surface area contributed by atoms with E-state index < -0.39 is 10.0 Å². The maximum atomic E-state index is 12.7. The van der Waals surface area contributed by atoms with Gasteiger partial charge in [0.05, 0.1) is 4.90 Å². The number of rotatable bonds is 12. The van der Waals surface area contributed by atoms with Crippen LogP contribution in [0.25, 0.3) is 0 Å². The molecule has 8 heteroatoms. The molecule has 0 saturated heterocycles. The van der Waals surface area contributed by atoms with Crippen molar-refractivity contribution < 1.29 is 17.9 Å². The molecule has 0 fully saturated rings. The molecule has 0 aromatic heterocycles. The van der Waals surface area contributed by atoms with Crippen LogP contribution in [-0.4, -0.2) is 14.1 Å². The number of hydrogen-bond acceptors (Lipinski definition) is 5. The van der Waals surface area contributed by atoms with Crippen LogP contribution < -0.4 is 14.2 Å². The third-order valence-electron chi connectivity index (χ3n) is 7.65. The predicted molar refractivity (Wildman–Crippen MR) is 181 cm³/mol. The van der Waals surface area contributed by atoms with Gasteiger partial charge in [-0.15, -0.1) is 0 Å². The number of anilines is 1. The molecule has 0 bridgehead atoms. The molecular formula is C37H35ClN2O4S. The zero-order valence-electron chi connectivity index (χ0n) is 25.4. The molecule has 5 rings (SSSR count). The SMILES string of the molecule is CC(=N)c1ccc(OCc2cccc(COc3ccc(C(C)(C)c4ccc(NS(=O)(=O)c5ccc(Cl)cc5)cc4)cc3)c2)cc1. The van der Waals surface area contributed by atoms with Crippen LogP contribution in [0.3, 0.4) is 0 Å². The molecule has 0 aliphatic rings. The van der Waals surface area contributed by atoms with Crippen molar-refractivity contribution in [2.45, 2.75) is 44.3 Å². The zero-order chi connectivity index (χ0) is 32.0. The van der Waals surface area contributed by atoms with Gasteiger partial charge in [-0.25, -0.2) is 8.42 Å². The summed E-state index contributed by atoms with van der Waals surface area (Å²) in [4.78, 5) is 0.151. The van der Waals surface area contributed by atoms with Crippen molar-refractivity contribution in [3.05, 3.63) is 154 Å².